The van der Waals surface area contributed by atoms with Gasteiger partial charge in [0.15, 0.2) is 11.5 Å². The fourth-order valence-corrected chi connectivity index (χ4v) is 2.56. The van der Waals surface area contributed by atoms with Gasteiger partial charge in [-0.25, -0.2) is 0 Å². The Hall–Kier alpha value is -3.13. The van der Waals surface area contributed by atoms with Crippen LogP contribution in [0.1, 0.15) is 11.5 Å². The third-order valence-corrected chi connectivity index (χ3v) is 3.95. The summed E-state index contributed by atoms with van der Waals surface area (Å²) in [6.07, 6.45) is 1.49. The van der Waals surface area contributed by atoms with Crippen molar-refractivity contribution >= 4 is 22.7 Å². The van der Waals surface area contributed by atoms with E-state index >= 15 is 0 Å². The minimum atomic E-state index is -2.98. The first kappa shape index (κ1) is 19.6. The summed E-state index contributed by atoms with van der Waals surface area (Å²) in [5.74, 6) is 1.19. The topological polar surface area (TPSA) is 66.6 Å². The molecule has 1 heterocycles. The first-order chi connectivity index (χ1) is 13.5. The van der Waals surface area contributed by atoms with Crippen LogP contribution in [0.3, 0.4) is 0 Å². The molecule has 0 N–H and O–H groups in total. The molecule has 0 unspecified atom stereocenters. The number of hydrogen-bond donors (Lipinski definition) is 0. The van der Waals surface area contributed by atoms with Gasteiger partial charge in [-0.05, 0) is 48.0 Å². The van der Waals surface area contributed by atoms with E-state index in [4.69, 9.17) is 25.6 Å². The summed E-state index contributed by atoms with van der Waals surface area (Å²) in [6, 6.07) is 11.6. The first-order valence-electron chi connectivity index (χ1n) is 7.98. The van der Waals surface area contributed by atoms with Gasteiger partial charge in [0.05, 0.1) is 14.2 Å². The maximum atomic E-state index is 12.5. The van der Waals surface area contributed by atoms with Crippen molar-refractivity contribution in [2.24, 2.45) is 0 Å². The molecule has 0 radical (unpaired) electrons. The summed E-state index contributed by atoms with van der Waals surface area (Å²) in [4.78, 5) is 4.24. The molecule has 0 saturated carbocycles. The predicted molar refractivity (Wildman–Crippen MR) is 99.6 cm³/mol. The molecule has 3 rings (SSSR count). The van der Waals surface area contributed by atoms with Gasteiger partial charge in [0, 0.05) is 5.56 Å². The molecule has 0 spiro atoms. The monoisotopic (exact) mass is 408 g/mol. The number of halogens is 3. The maximum absolute atomic E-state index is 12.5. The lowest BCUT2D eigenvalue weighted by Crippen LogP contribution is -2.03. The Morgan fingerprint density at radius 3 is 2.46 bits per heavy atom. The van der Waals surface area contributed by atoms with Gasteiger partial charge in [-0.3, -0.25) is 0 Å². The van der Waals surface area contributed by atoms with Gasteiger partial charge in [-0.15, -0.1) is 0 Å². The lowest BCUT2D eigenvalue weighted by molar-refractivity contribution is -0.0512. The molecule has 0 bridgehead atoms. The highest BCUT2D eigenvalue weighted by Gasteiger charge is 2.14. The number of nitrogens with zero attached hydrogens (tertiary/aromatic N) is 2. The lowest BCUT2D eigenvalue weighted by Gasteiger charge is -2.10. The number of methoxy groups -OCH3 is 2. The zero-order chi connectivity index (χ0) is 20.1. The van der Waals surface area contributed by atoms with Crippen LogP contribution in [0.15, 0.2) is 47.0 Å². The van der Waals surface area contributed by atoms with Gasteiger partial charge in [0.2, 0.25) is 5.82 Å². The molecule has 0 atom stereocenters. The van der Waals surface area contributed by atoms with Gasteiger partial charge < -0.3 is 18.7 Å². The summed E-state index contributed by atoms with van der Waals surface area (Å²) in [5, 5.41) is 4.03. The van der Waals surface area contributed by atoms with Crippen LogP contribution < -0.4 is 14.2 Å². The van der Waals surface area contributed by atoms with Crippen LogP contribution in [0.5, 0.6) is 17.2 Å². The SMILES string of the molecule is COc1ccc(-c2noc(/C(Cl)=C/c3ccc(OC)c(OC(F)F)c3)n2)cc1. The van der Waals surface area contributed by atoms with Crippen LogP contribution in [0, 0.1) is 0 Å². The second kappa shape index (κ2) is 8.71. The van der Waals surface area contributed by atoms with E-state index in [1.807, 2.05) is 0 Å². The summed E-state index contributed by atoms with van der Waals surface area (Å²) >= 11 is 6.25. The normalized spacial score (nSPS) is 11.6. The van der Waals surface area contributed by atoms with Crippen molar-refractivity contribution in [1.29, 1.82) is 0 Å². The molecular formula is C19H15ClF2N2O4. The van der Waals surface area contributed by atoms with Crippen molar-refractivity contribution in [3.8, 4) is 28.6 Å². The Balaban J connectivity index is 1.84. The molecule has 0 fully saturated rings. The number of aromatic nitrogens is 2. The van der Waals surface area contributed by atoms with Crippen molar-refractivity contribution in [2.75, 3.05) is 14.2 Å². The van der Waals surface area contributed by atoms with Crippen molar-refractivity contribution < 1.29 is 27.5 Å². The van der Waals surface area contributed by atoms with Gasteiger partial charge in [-0.2, -0.15) is 13.8 Å². The van der Waals surface area contributed by atoms with Crippen LogP contribution in [0.4, 0.5) is 8.78 Å². The first-order valence-corrected chi connectivity index (χ1v) is 8.36. The average molecular weight is 409 g/mol. The second-order valence-electron chi connectivity index (χ2n) is 5.43. The largest absolute Gasteiger partial charge is 0.497 e. The Morgan fingerprint density at radius 2 is 1.82 bits per heavy atom. The molecule has 1 aromatic heterocycles. The van der Waals surface area contributed by atoms with Crippen LogP contribution in [-0.4, -0.2) is 31.0 Å². The molecule has 9 heteroatoms. The predicted octanol–water partition coefficient (Wildman–Crippen LogP) is 5.09. The third-order valence-electron chi connectivity index (χ3n) is 3.68. The minimum Gasteiger partial charge on any atom is -0.497 e. The highest BCUT2D eigenvalue weighted by molar-refractivity contribution is 6.50. The summed E-state index contributed by atoms with van der Waals surface area (Å²) in [5.41, 5.74) is 1.21. The number of alkyl halides is 2. The van der Waals surface area contributed by atoms with Gasteiger partial charge in [0.1, 0.15) is 10.8 Å². The quantitative estimate of drug-likeness (QED) is 0.542. The summed E-state index contributed by atoms with van der Waals surface area (Å²) in [7, 11) is 2.93. The molecule has 0 aliphatic carbocycles. The molecule has 3 aromatic rings. The van der Waals surface area contributed by atoms with Crippen LogP contribution >= 0.6 is 11.6 Å². The van der Waals surface area contributed by atoms with Crippen LogP contribution in [0.2, 0.25) is 0 Å². The molecule has 6 nitrogen and oxygen atoms in total. The van der Waals surface area contributed by atoms with E-state index in [0.717, 1.165) is 5.56 Å². The number of benzene rings is 2. The Morgan fingerprint density at radius 1 is 1.07 bits per heavy atom. The molecule has 2 aromatic carbocycles. The molecule has 0 amide bonds. The lowest BCUT2D eigenvalue weighted by atomic mass is 10.2. The molecule has 0 aliphatic rings. The number of hydrogen-bond acceptors (Lipinski definition) is 6. The standard InChI is InChI=1S/C19H15ClF2N2O4/c1-25-13-6-4-12(5-7-13)17-23-18(28-24-17)14(20)9-11-3-8-15(26-2)16(10-11)27-19(21)22/h3-10,19H,1-2H3/b14-9-. The van der Waals surface area contributed by atoms with E-state index in [-0.39, 0.29) is 22.4 Å². The smallest absolute Gasteiger partial charge is 0.387 e. The fraction of sp³-hybridized carbons (Fsp3) is 0.158. The Bertz CT molecular complexity index is 974. The van der Waals surface area contributed by atoms with Crippen LogP contribution in [0.25, 0.3) is 22.5 Å². The molecule has 28 heavy (non-hydrogen) atoms. The number of rotatable bonds is 7. The average Bonchev–Trinajstić information content (AvgIpc) is 3.18. The summed E-state index contributed by atoms with van der Waals surface area (Å²) < 4.78 is 44.8. The minimum absolute atomic E-state index is 0.0830. The Labute approximate surface area is 164 Å². The highest BCUT2D eigenvalue weighted by atomic mass is 35.5. The van der Waals surface area contributed by atoms with Gasteiger partial charge in [0.25, 0.3) is 5.89 Å². The van der Waals surface area contributed by atoms with E-state index in [2.05, 4.69) is 14.9 Å². The van der Waals surface area contributed by atoms with E-state index in [0.29, 0.717) is 17.1 Å². The van der Waals surface area contributed by atoms with Crippen molar-refractivity contribution in [2.45, 2.75) is 6.61 Å². The fourth-order valence-electron chi connectivity index (χ4n) is 2.36. The van der Waals surface area contributed by atoms with Gasteiger partial charge in [-0.1, -0.05) is 22.8 Å². The van der Waals surface area contributed by atoms with Crippen molar-refractivity contribution in [1.82, 2.24) is 10.1 Å². The maximum Gasteiger partial charge on any atom is 0.387 e. The molecular weight excluding hydrogens is 394 g/mol. The third kappa shape index (κ3) is 4.58. The highest BCUT2D eigenvalue weighted by Crippen LogP contribution is 2.32. The van der Waals surface area contributed by atoms with E-state index in [1.54, 1.807) is 37.4 Å². The number of ether oxygens (including phenoxy) is 3. The van der Waals surface area contributed by atoms with E-state index in [9.17, 15) is 8.78 Å². The van der Waals surface area contributed by atoms with Crippen LogP contribution in [-0.2, 0) is 0 Å². The van der Waals surface area contributed by atoms with Crippen molar-refractivity contribution in [3.05, 3.63) is 53.9 Å². The second-order valence-corrected chi connectivity index (χ2v) is 5.84. The Kier molecular flexibility index (Phi) is 6.10. The van der Waals surface area contributed by atoms with Crippen molar-refractivity contribution in [3.63, 3.8) is 0 Å². The molecule has 0 aliphatic heterocycles. The molecule has 146 valence electrons. The van der Waals surface area contributed by atoms with Gasteiger partial charge >= 0.3 is 6.61 Å². The van der Waals surface area contributed by atoms with E-state index in [1.165, 1.54) is 25.3 Å². The summed E-state index contributed by atoms with van der Waals surface area (Å²) in [6.45, 7) is -2.98. The zero-order valence-electron chi connectivity index (χ0n) is 14.9. The van der Waals surface area contributed by atoms with E-state index < -0.39 is 6.61 Å². The zero-order valence-corrected chi connectivity index (χ0v) is 15.6. The molecule has 0 saturated heterocycles.